The molecule has 0 aliphatic heterocycles. The summed E-state index contributed by atoms with van der Waals surface area (Å²) >= 11 is 0. The van der Waals surface area contributed by atoms with Crippen molar-refractivity contribution < 1.29 is 39.6 Å². The van der Waals surface area contributed by atoms with Gasteiger partial charge in [-0.25, -0.2) is 0 Å². The maximum Gasteiger partial charge on any atom is 0.255 e. The molecule has 210 valence electrons. The van der Waals surface area contributed by atoms with Crippen LogP contribution >= 0.6 is 0 Å². The number of Topliss-reactive ketones (excluding diaryl/α,β-unsaturated/α-hetero) is 2. The SMILES string of the molecule is Cc1cc(CNC(=O)CN(C)C)c(O)c2c1C[C@H]1C[C@H]3C(N(C)C)C(=O)C(C(N)=O)=C(O)[C@@]3(O)C(=O)C1=C2O. The third-order valence-electron chi connectivity index (χ3n) is 7.96. The summed E-state index contributed by atoms with van der Waals surface area (Å²) in [4.78, 5) is 54.4. The smallest absolute Gasteiger partial charge is 0.255 e. The number of nitrogens with zero attached hydrogens (tertiary/aromatic N) is 2. The Hall–Kier alpha value is -3.74. The molecule has 1 saturated carbocycles. The van der Waals surface area contributed by atoms with Crippen LogP contribution < -0.4 is 11.1 Å². The van der Waals surface area contributed by atoms with Crippen molar-refractivity contribution in [2.24, 2.45) is 17.6 Å². The first-order valence-corrected chi connectivity index (χ1v) is 12.5. The number of primary amides is 1. The molecule has 0 heterocycles. The topological polar surface area (TPSA) is 194 Å². The molecule has 1 unspecified atom stereocenters. The van der Waals surface area contributed by atoms with Crippen molar-refractivity contribution in [1.29, 1.82) is 0 Å². The van der Waals surface area contributed by atoms with Crippen LogP contribution in [0.2, 0.25) is 0 Å². The maximum absolute atomic E-state index is 13.9. The zero-order valence-corrected chi connectivity index (χ0v) is 22.5. The Labute approximate surface area is 225 Å². The Bertz CT molecular complexity index is 1360. The highest BCUT2D eigenvalue weighted by atomic mass is 16.3. The van der Waals surface area contributed by atoms with Gasteiger partial charge in [0.05, 0.1) is 18.2 Å². The van der Waals surface area contributed by atoms with Gasteiger partial charge in [0.25, 0.3) is 5.91 Å². The van der Waals surface area contributed by atoms with E-state index in [4.69, 9.17) is 5.73 Å². The van der Waals surface area contributed by atoms with Gasteiger partial charge in [0.1, 0.15) is 22.8 Å². The van der Waals surface area contributed by atoms with E-state index in [1.807, 2.05) is 0 Å². The van der Waals surface area contributed by atoms with Gasteiger partial charge in [0, 0.05) is 23.6 Å². The minimum Gasteiger partial charge on any atom is -0.508 e. The number of aliphatic hydroxyl groups is 3. The number of aryl methyl sites for hydroxylation is 1. The van der Waals surface area contributed by atoms with Crippen LogP contribution in [0.15, 0.2) is 23.0 Å². The van der Waals surface area contributed by atoms with E-state index in [1.165, 1.54) is 4.90 Å². The molecule has 0 spiro atoms. The van der Waals surface area contributed by atoms with Crippen LogP contribution in [0.25, 0.3) is 5.76 Å². The standard InChI is InChI=1S/C27H34N4O8/c1-11-6-13(9-29-16(32)10-30(2)3)21(33)18-14(11)7-12-8-15-20(31(4)5)23(35)19(26(28)38)25(37)27(15,39)24(36)17(12)22(18)34/h6,12,15,20,33-34,37,39H,7-10H2,1-5H3,(H2,28,38)(H,29,32)/t12-,15-,20?,27-/m0/s1. The minimum atomic E-state index is -2.69. The molecule has 12 heteroatoms. The Kier molecular flexibility index (Phi) is 7.09. The number of carbonyl (C=O) groups excluding carboxylic acids is 4. The number of ketones is 2. The molecule has 4 rings (SSSR count). The molecule has 0 bridgehead atoms. The summed E-state index contributed by atoms with van der Waals surface area (Å²) in [6.07, 6.45) is 0.232. The van der Waals surface area contributed by atoms with Crippen LogP contribution in [-0.4, -0.2) is 100.0 Å². The fourth-order valence-electron chi connectivity index (χ4n) is 6.24. The molecular formula is C27H34N4O8. The van der Waals surface area contributed by atoms with Gasteiger partial charge in [-0.1, -0.05) is 6.07 Å². The highest BCUT2D eigenvalue weighted by Gasteiger charge is 2.64. The molecule has 0 radical (unpaired) electrons. The summed E-state index contributed by atoms with van der Waals surface area (Å²) < 4.78 is 0. The number of likely N-dealkylation sites (N-methyl/N-ethyl adjacent to an activating group) is 2. The number of rotatable bonds is 6. The van der Waals surface area contributed by atoms with Gasteiger partial charge in [-0.05, 0) is 65.0 Å². The average Bonchev–Trinajstić information content (AvgIpc) is 2.81. The Morgan fingerprint density at radius 1 is 1.15 bits per heavy atom. The Balaban J connectivity index is 1.84. The zero-order valence-electron chi connectivity index (χ0n) is 22.5. The number of nitrogens with two attached hydrogens (primary N) is 1. The van der Waals surface area contributed by atoms with E-state index in [-0.39, 0.29) is 48.7 Å². The summed E-state index contributed by atoms with van der Waals surface area (Å²) in [7, 11) is 6.58. The summed E-state index contributed by atoms with van der Waals surface area (Å²) in [5.74, 6) is -7.21. The molecule has 1 aromatic rings. The lowest BCUT2D eigenvalue weighted by Gasteiger charge is -2.50. The number of aromatic hydroxyl groups is 1. The third-order valence-corrected chi connectivity index (χ3v) is 7.96. The van der Waals surface area contributed by atoms with Gasteiger partial charge in [0.2, 0.25) is 11.7 Å². The normalized spacial score (nSPS) is 26.5. The highest BCUT2D eigenvalue weighted by molar-refractivity contribution is 6.24. The molecule has 39 heavy (non-hydrogen) atoms. The van der Waals surface area contributed by atoms with Gasteiger partial charge in [-0.2, -0.15) is 0 Å². The molecule has 3 aliphatic rings. The van der Waals surface area contributed by atoms with Crippen LogP contribution in [0, 0.1) is 18.8 Å². The van der Waals surface area contributed by atoms with Crippen LogP contribution in [0.1, 0.15) is 28.7 Å². The molecule has 1 aromatic carbocycles. The predicted molar refractivity (Wildman–Crippen MR) is 139 cm³/mol. The van der Waals surface area contributed by atoms with Gasteiger partial charge in [-0.3, -0.25) is 24.1 Å². The molecule has 0 saturated heterocycles. The lowest BCUT2D eigenvalue weighted by Crippen LogP contribution is -2.65. The van der Waals surface area contributed by atoms with Crippen molar-refractivity contribution in [3.8, 4) is 5.75 Å². The number of nitrogens with one attached hydrogen (secondary N) is 1. The van der Waals surface area contributed by atoms with Crippen LogP contribution in [0.4, 0.5) is 0 Å². The third kappa shape index (κ3) is 4.28. The fourth-order valence-corrected chi connectivity index (χ4v) is 6.24. The van der Waals surface area contributed by atoms with E-state index in [1.54, 1.807) is 46.1 Å². The predicted octanol–water partition coefficient (Wildman–Crippen LogP) is -0.550. The van der Waals surface area contributed by atoms with Gasteiger partial charge >= 0.3 is 0 Å². The number of phenolic OH excluding ortho intramolecular Hbond substituents is 1. The first kappa shape index (κ1) is 28.3. The van der Waals surface area contributed by atoms with Crippen molar-refractivity contribution >= 4 is 29.1 Å². The Morgan fingerprint density at radius 3 is 2.36 bits per heavy atom. The molecule has 4 atom stereocenters. The van der Waals surface area contributed by atoms with E-state index in [9.17, 15) is 39.6 Å². The quantitative estimate of drug-likeness (QED) is 0.254. The molecule has 0 aromatic heterocycles. The Morgan fingerprint density at radius 2 is 1.79 bits per heavy atom. The number of hydrogen-bond donors (Lipinski definition) is 6. The molecule has 1 fully saturated rings. The van der Waals surface area contributed by atoms with E-state index in [2.05, 4.69) is 5.32 Å². The molecule has 12 nitrogen and oxygen atoms in total. The number of fused-ring (bicyclic) bond motifs is 3. The van der Waals surface area contributed by atoms with E-state index in [0.29, 0.717) is 16.7 Å². The number of phenols is 1. The van der Waals surface area contributed by atoms with Crippen molar-refractivity contribution in [2.75, 3.05) is 34.7 Å². The molecule has 2 amide bonds. The van der Waals surface area contributed by atoms with E-state index in [0.717, 1.165) is 0 Å². The monoisotopic (exact) mass is 542 g/mol. The number of hydrogen-bond acceptors (Lipinski definition) is 10. The van der Waals surface area contributed by atoms with Gasteiger partial charge in [0.15, 0.2) is 11.4 Å². The number of aliphatic hydroxyl groups excluding tert-OH is 2. The molecular weight excluding hydrogens is 508 g/mol. The van der Waals surface area contributed by atoms with Crippen molar-refractivity contribution in [3.63, 3.8) is 0 Å². The van der Waals surface area contributed by atoms with Crippen LogP contribution in [0.5, 0.6) is 5.75 Å². The lowest BCUT2D eigenvalue weighted by atomic mass is 9.57. The number of carbonyl (C=O) groups is 4. The highest BCUT2D eigenvalue weighted by Crippen LogP contribution is 2.53. The van der Waals surface area contributed by atoms with E-state index >= 15 is 0 Å². The summed E-state index contributed by atoms with van der Waals surface area (Å²) in [5.41, 5.74) is 3.20. The largest absolute Gasteiger partial charge is 0.508 e. The van der Waals surface area contributed by atoms with Gasteiger partial charge in [-0.15, -0.1) is 0 Å². The van der Waals surface area contributed by atoms with E-state index < -0.39 is 58.0 Å². The van der Waals surface area contributed by atoms with Gasteiger partial charge < -0.3 is 36.4 Å². The average molecular weight is 543 g/mol. The molecule has 7 N–H and O–H groups in total. The number of amides is 2. The van der Waals surface area contributed by atoms with Crippen molar-refractivity contribution in [3.05, 3.63) is 45.2 Å². The van der Waals surface area contributed by atoms with Crippen molar-refractivity contribution in [2.45, 2.75) is 38.0 Å². The van der Waals surface area contributed by atoms with Crippen molar-refractivity contribution in [1.82, 2.24) is 15.1 Å². The lowest BCUT2D eigenvalue weighted by molar-refractivity contribution is -0.153. The first-order valence-electron chi connectivity index (χ1n) is 12.5. The second-order valence-electron chi connectivity index (χ2n) is 11.0. The second kappa shape index (κ2) is 9.78. The second-order valence-corrected chi connectivity index (χ2v) is 11.0. The maximum atomic E-state index is 13.9. The van der Waals surface area contributed by atoms with Crippen LogP contribution in [-0.2, 0) is 32.1 Å². The summed E-state index contributed by atoms with van der Waals surface area (Å²) in [6, 6.07) is 0.564. The number of benzene rings is 1. The summed E-state index contributed by atoms with van der Waals surface area (Å²) in [6.45, 7) is 1.89. The first-order chi connectivity index (χ1) is 18.1. The molecule has 3 aliphatic carbocycles. The zero-order chi connectivity index (χ0) is 29.1. The van der Waals surface area contributed by atoms with Crippen LogP contribution in [0.3, 0.4) is 0 Å². The fraction of sp³-hybridized carbons (Fsp3) is 0.481. The minimum absolute atomic E-state index is 0.00291. The summed E-state index contributed by atoms with van der Waals surface area (Å²) in [5, 5.41) is 47.8.